The maximum Gasteiger partial charge on any atom is 0.175 e. The second-order valence-corrected chi connectivity index (χ2v) is 6.24. The van der Waals surface area contributed by atoms with E-state index in [-0.39, 0.29) is 0 Å². The predicted molar refractivity (Wildman–Crippen MR) is 86.0 cm³/mol. The highest BCUT2D eigenvalue weighted by Gasteiger charge is 2.21. The van der Waals surface area contributed by atoms with Crippen molar-refractivity contribution in [2.75, 3.05) is 5.73 Å². The molecule has 3 rings (SSSR count). The van der Waals surface area contributed by atoms with Crippen LogP contribution in [0.3, 0.4) is 0 Å². The molecule has 112 valence electrons. The molecule has 1 aliphatic carbocycles. The SMILES string of the molecule is Cc1ccccc1-c1c(N)noc1CC1CCCCCC1. The lowest BCUT2D eigenvalue weighted by atomic mass is 9.91. The molecule has 1 saturated carbocycles. The van der Waals surface area contributed by atoms with Crippen LogP contribution in [0.5, 0.6) is 0 Å². The van der Waals surface area contributed by atoms with E-state index in [1.165, 1.54) is 44.1 Å². The first-order valence-corrected chi connectivity index (χ1v) is 8.05. The molecule has 0 spiro atoms. The number of aromatic nitrogens is 1. The average Bonchev–Trinajstić information content (AvgIpc) is 2.69. The Balaban J connectivity index is 1.88. The van der Waals surface area contributed by atoms with Gasteiger partial charge in [-0.3, -0.25) is 0 Å². The van der Waals surface area contributed by atoms with Crippen LogP contribution in [0.1, 0.15) is 49.8 Å². The van der Waals surface area contributed by atoms with Crippen molar-refractivity contribution in [3.05, 3.63) is 35.6 Å². The van der Waals surface area contributed by atoms with Gasteiger partial charge in [-0.1, -0.05) is 67.9 Å². The Morgan fingerprint density at radius 1 is 1.14 bits per heavy atom. The minimum atomic E-state index is 0.521. The molecule has 0 amide bonds. The van der Waals surface area contributed by atoms with Gasteiger partial charge in [-0.2, -0.15) is 0 Å². The summed E-state index contributed by atoms with van der Waals surface area (Å²) in [7, 11) is 0. The van der Waals surface area contributed by atoms with Gasteiger partial charge in [0.2, 0.25) is 0 Å². The van der Waals surface area contributed by atoms with Crippen LogP contribution in [-0.4, -0.2) is 5.16 Å². The Morgan fingerprint density at radius 2 is 1.86 bits per heavy atom. The summed E-state index contributed by atoms with van der Waals surface area (Å²) < 4.78 is 5.57. The summed E-state index contributed by atoms with van der Waals surface area (Å²) in [5, 5.41) is 4.03. The molecule has 0 saturated heterocycles. The number of hydrogen-bond acceptors (Lipinski definition) is 3. The van der Waals surface area contributed by atoms with Gasteiger partial charge in [-0.05, 0) is 24.0 Å². The van der Waals surface area contributed by atoms with Gasteiger partial charge in [0.1, 0.15) is 5.76 Å². The standard InChI is InChI=1S/C18H24N2O/c1-13-8-6-7-11-15(13)17-16(21-20-18(17)19)12-14-9-4-2-3-5-10-14/h6-8,11,14H,2-5,9-10,12H2,1H3,(H2,19,20). The van der Waals surface area contributed by atoms with Crippen molar-refractivity contribution in [2.45, 2.75) is 51.9 Å². The van der Waals surface area contributed by atoms with Gasteiger partial charge < -0.3 is 10.3 Å². The number of rotatable bonds is 3. The molecule has 1 aliphatic rings. The van der Waals surface area contributed by atoms with Crippen LogP contribution in [0.2, 0.25) is 0 Å². The summed E-state index contributed by atoms with van der Waals surface area (Å²) >= 11 is 0. The highest BCUT2D eigenvalue weighted by atomic mass is 16.5. The average molecular weight is 284 g/mol. The molecule has 1 fully saturated rings. The fraction of sp³-hybridized carbons (Fsp3) is 0.500. The minimum Gasteiger partial charge on any atom is -0.380 e. The Morgan fingerprint density at radius 3 is 2.57 bits per heavy atom. The van der Waals surface area contributed by atoms with Crippen LogP contribution in [0.4, 0.5) is 5.82 Å². The van der Waals surface area contributed by atoms with E-state index in [1.54, 1.807) is 0 Å². The molecule has 1 aromatic heterocycles. The zero-order chi connectivity index (χ0) is 14.7. The maximum atomic E-state index is 6.07. The van der Waals surface area contributed by atoms with E-state index in [0.29, 0.717) is 11.7 Å². The summed E-state index contributed by atoms with van der Waals surface area (Å²) in [6, 6.07) is 8.31. The van der Waals surface area contributed by atoms with E-state index in [4.69, 9.17) is 10.3 Å². The van der Waals surface area contributed by atoms with Crippen molar-refractivity contribution >= 4 is 5.82 Å². The smallest absolute Gasteiger partial charge is 0.175 e. The quantitative estimate of drug-likeness (QED) is 0.828. The fourth-order valence-electron chi connectivity index (χ4n) is 3.45. The second kappa shape index (κ2) is 6.33. The summed E-state index contributed by atoms with van der Waals surface area (Å²) in [6.45, 7) is 2.11. The van der Waals surface area contributed by atoms with E-state index >= 15 is 0 Å². The molecule has 2 N–H and O–H groups in total. The molecule has 3 nitrogen and oxygen atoms in total. The van der Waals surface area contributed by atoms with E-state index in [0.717, 1.165) is 23.3 Å². The minimum absolute atomic E-state index is 0.521. The number of nitrogens with two attached hydrogens (primary N) is 1. The fourth-order valence-corrected chi connectivity index (χ4v) is 3.45. The van der Waals surface area contributed by atoms with Crippen molar-refractivity contribution < 1.29 is 4.52 Å². The van der Waals surface area contributed by atoms with Crippen molar-refractivity contribution in [1.82, 2.24) is 5.16 Å². The highest BCUT2D eigenvalue weighted by Crippen LogP contribution is 2.35. The van der Waals surface area contributed by atoms with Gasteiger partial charge in [0.25, 0.3) is 0 Å². The zero-order valence-electron chi connectivity index (χ0n) is 12.8. The topological polar surface area (TPSA) is 52.0 Å². The van der Waals surface area contributed by atoms with Gasteiger partial charge in [0, 0.05) is 6.42 Å². The third-order valence-corrected chi connectivity index (χ3v) is 4.65. The van der Waals surface area contributed by atoms with Gasteiger partial charge in [-0.15, -0.1) is 0 Å². The van der Waals surface area contributed by atoms with Crippen molar-refractivity contribution in [1.29, 1.82) is 0 Å². The molecule has 2 aromatic rings. The first-order chi connectivity index (χ1) is 10.3. The van der Waals surface area contributed by atoms with Crippen LogP contribution in [-0.2, 0) is 6.42 Å². The van der Waals surface area contributed by atoms with Crippen molar-refractivity contribution in [3.8, 4) is 11.1 Å². The Hall–Kier alpha value is -1.77. The predicted octanol–water partition coefficient (Wildman–Crippen LogP) is 4.75. The Kier molecular flexibility index (Phi) is 4.28. The Bertz CT molecular complexity index is 595. The van der Waals surface area contributed by atoms with E-state index in [2.05, 4.69) is 24.2 Å². The largest absolute Gasteiger partial charge is 0.380 e. The van der Waals surface area contributed by atoms with Crippen LogP contribution in [0.15, 0.2) is 28.8 Å². The van der Waals surface area contributed by atoms with Crippen LogP contribution in [0.25, 0.3) is 11.1 Å². The number of nitrogen functional groups attached to an aromatic ring is 1. The zero-order valence-corrected chi connectivity index (χ0v) is 12.8. The summed E-state index contributed by atoms with van der Waals surface area (Å²) in [5.74, 6) is 2.20. The van der Waals surface area contributed by atoms with Gasteiger partial charge in [-0.25, -0.2) is 0 Å². The van der Waals surface area contributed by atoms with Crippen LogP contribution >= 0.6 is 0 Å². The third kappa shape index (κ3) is 3.12. The Labute approximate surface area is 126 Å². The molecule has 1 aromatic carbocycles. The monoisotopic (exact) mass is 284 g/mol. The first-order valence-electron chi connectivity index (χ1n) is 8.05. The van der Waals surface area contributed by atoms with Crippen molar-refractivity contribution in [2.24, 2.45) is 5.92 Å². The molecular formula is C18H24N2O. The highest BCUT2D eigenvalue weighted by molar-refractivity contribution is 5.77. The summed E-state index contributed by atoms with van der Waals surface area (Å²) in [6.07, 6.45) is 9.00. The van der Waals surface area contributed by atoms with Gasteiger partial charge >= 0.3 is 0 Å². The maximum absolute atomic E-state index is 6.07. The number of nitrogens with zero attached hydrogens (tertiary/aromatic N) is 1. The van der Waals surface area contributed by atoms with E-state index < -0.39 is 0 Å². The number of aryl methyl sites for hydroxylation is 1. The lowest BCUT2D eigenvalue weighted by Gasteiger charge is -2.13. The number of hydrogen-bond donors (Lipinski definition) is 1. The number of anilines is 1. The molecule has 0 radical (unpaired) electrons. The van der Waals surface area contributed by atoms with Gasteiger partial charge in [0.15, 0.2) is 5.82 Å². The normalized spacial score (nSPS) is 16.8. The second-order valence-electron chi connectivity index (χ2n) is 6.24. The molecular weight excluding hydrogens is 260 g/mol. The molecule has 0 aliphatic heterocycles. The van der Waals surface area contributed by atoms with E-state index in [1.807, 2.05) is 12.1 Å². The molecule has 0 atom stereocenters. The van der Waals surface area contributed by atoms with Gasteiger partial charge in [0.05, 0.1) is 5.56 Å². The van der Waals surface area contributed by atoms with Crippen molar-refractivity contribution in [3.63, 3.8) is 0 Å². The summed E-state index contributed by atoms with van der Waals surface area (Å²) in [5.41, 5.74) is 9.45. The van der Waals surface area contributed by atoms with Crippen LogP contribution < -0.4 is 5.73 Å². The molecule has 0 bridgehead atoms. The summed E-state index contributed by atoms with van der Waals surface area (Å²) in [4.78, 5) is 0. The first kappa shape index (κ1) is 14.2. The third-order valence-electron chi connectivity index (χ3n) is 4.65. The lowest BCUT2D eigenvalue weighted by Crippen LogP contribution is -2.04. The van der Waals surface area contributed by atoms with Crippen LogP contribution in [0, 0.1) is 12.8 Å². The molecule has 21 heavy (non-hydrogen) atoms. The number of benzene rings is 1. The molecule has 0 unspecified atom stereocenters. The molecule has 3 heteroatoms. The van der Waals surface area contributed by atoms with E-state index in [9.17, 15) is 0 Å². The lowest BCUT2D eigenvalue weighted by molar-refractivity contribution is 0.347. The molecule has 1 heterocycles.